The molecule has 0 bridgehead atoms. The van der Waals surface area contributed by atoms with Gasteiger partial charge in [0.2, 0.25) is 0 Å². The molecule has 0 saturated carbocycles. The van der Waals surface area contributed by atoms with Crippen LogP contribution in [0.4, 0.5) is 11.4 Å². The number of terminal acetylenes is 1. The topological polar surface area (TPSA) is 55.2 Å². The molecule has 1 N–H and O–H groups in total. The third kappa shape index (κ3) is 4.13. The maximum Gasteiger partial charge on any atom is 0.288 e. The van der Waals surface area contributed by atoms with Crippen molar-refractivity contribution in [1.82, 2.24) is 0 Å². The van der Waals surface area contributed by atoms with Gasteiger partial charge in [-0.25, -0.2) is 0 Å². The van der Waals surface area contributed by atoms with Crippen molar-refractivity contribution in [2.45, 2.75) is 6.92 Å². The normalized spacial score (nSPS) is 9.83. The molecule has 18 heavy (non-hydrogen) atoms. The number of rotatable bonds is 6. The number of hydrogen-bond donors (Lipinski definition) is 1. The summed E-state index contributed by atoms with van der Waals surface area (Å²) in [5, 5.41) is 14.0. The van der Waals surface area contributed by atoms with Crippen LogP contribution >= 0.6 is 23.4 Å². The number of nitrogens with zero attached hydrogens (tertiary/aromatic N) is 1. The van der Waals surface area contributed by atoms with E-state index in [-0.39, 0.29) is 10.7 Å². The molecule has 0 aliphatic heterocycles. The molecule has 1 rings (SSSR count). The fraction of sp³-hybridized carbons (Fsp3) is 0.333. The number of benzene rings is 1. The summed E-state index contributed by atoms with van der Waals surface area (Å²) < 4.78 is 0. The maximum atomic E-state index is 10.7. The van der Waals surface area contributed by atoms with Gasteiger partial charge in [-0.1, -0.05) is 17.5 Å². The number of nitrogens with one attached hydrogen (secondary N) is 1. The van der Waals surface area contributed by atoms with Gasteiger partial charge in [0.1, 0.15) is 5.02 Å². The van der Waals surface area contributed by atoms with Crippen LogP contribution in [0.5, 0.6) is 0 Å². The van der Waals surface area contributed by atoms with Gasteiger partial charge in [-0.2, -0.15) is 0 Å². The van der Waals surface area contributed by atoms with Crippen molar-refractivity contribution in [2.75, 3.05) is 23.4 Å². The minimum Gasteiger partial charge on any atom is -0.384 e. The predicted molar refractivity (Wildman–Crippen MR) is 77.5 cm³/mol. The van der Waals surface area contributed by atoms with Gasteiger partial charge in [0, 0.05) is 24.1 Å². The average molecular weight is 285 g/mol. The van der Waals surface area contributed by atoms with E-state index < -0.39 is 4.92 Å². The van der Waals surface area contributed by atoms with Crippen molar-refractivity contribution in [1.29, 1.82) is 0 Å². The van der Waals surface area contributed by atoms with E-state index in [4.69, 9.17) is 18.0 Å². The van der Waals surface area contributed by atoms with Gasteiger partial charge in [-0.15, -0.1) is 18.2 Å². The number of hydrogen-bond acceptors (Lipinski definition) is 4. The van der Waals surface area contributed by atoms with Gasteiger partial charge < -0.3 is 5.32 Å². The zero-order chi connectivity index (χ0) is 13.5. The Balaban J connectivity index is 2.65. The highest BCUT2D eigenvalue weighted by Gasteiger charge is 2.14. The Kier molecular flexibility index (Phi) is 5.83. The minimum absolute atomic E-state index is 0.0681. The van der Waals surface area contributed by atoms with Crippen LogP contribution in [-0.4, -0.2) is 23.0 Å². The molecule has 1 aromatic carbocycles. The van der Waals surface area contributed by atoms with E-state index in [1.807, 2.05) is 0 Å². The average Bonchev–Trinajstić information content (AvgIpc) is 2.32. The molecule has 0 aliphatic carbocycles. The number of halogens is 1. The summed E-state index contributed by atoms with van der Waals surface area (Å²) in [5.41, 5.74) is 1.54. The maximum absolute atomic E-state index is 10.7. The van der Waals surface area contributed by atoms with Crippen LogP contribution in [0.25, 0.3) is 0 Å². The van der Waals surface area contributed by atoms with Crippen LogP contribution in [-0.2, 0) is 0 Å². The Morgan fingerprint density at radius 2 is 2.33 bits per heavy atom. The van der Waals surface area contributed by atoms with Crippen molar-refractivity contribution in [3.63, 3.8) is 0 Å². The van der Waals surface area contributed by atoms with Crippen molar-refractivity contribution in [2.24, 2.45) is 0 Å². The molecule has 0 atom stereocenters. The lowest BCUT2D eigenvalue weighted by atomic mass is 10.2. The van der Waals surface area contributed by atoms with Gasteiger partial charge in [0.25, 0.3) is 5.69 Å². The first kappa shape index (κ1) is 14.7. The summed E-state index contributed by atoms with van der Waals surface area (Å²) in [7, 11) is 0. The molecule has 96 valence electrons. The van der Waals surface area contributed by atoms with E-state index in [1.54, 1.807) is 24.8 Å². The van der Waals surface area contributed by atoms with E-state index in [0.717, 1.165) is 23.5 Å². The van der Waals surface area contributed by atoms with E-state index in [2.05, 4.69) is 11.2 Å². The van der Waals surface area contributed by atoms with Crippen LogP contribution in [0.2, 0.25) is 5.02 Å². The van der Waals surface area contributed by atoms with Gasteiger partial charge in [-0.3, -0.25) is 10.1 Å². The van der Waals surface area contributed by atoms with Gasteiger partial charge in [0.15, 0.2) is 0 Å². The second kappa shape index (κ2) is 7.14. The van der Waals surface area contributed by atoms with E-state index >= 15 is 0 Å². The molecule has 0 unspecified atom stereocenters. The van der Waals surface area contributed by atoms with Crippen LogP contribution in [0.1, 0.15) is 5.56 Å². The van der Waals surface area contributed by atoms with Gasteiger partial charge in [-0.05, 0) is 18.6 Å². The Hall–Kier alpha value is -1.38. The molecule has 0 amide bonds. The lowest BCUT2D eigenvalue weighted by molar-refractivity contribution is -0.384. The predicted octanol–water partition coefficient (Wildman–Crippen LogP) is 3.33. The number of nitro benzene ring substituents is 1. The highest BCUT2D eigenvalue weighted by molar-refractivity contribution is 7.99. The Morgan fingerprint density at radius 1 is 1.61 bits per heavy atom. The van der Waals surface area contributed by atoms with Crippen molar-refractivity contribution >= 4 is 34.7 Å². The summed E-state index contributed by atoms with van der Waals surface area (Å²) >= 11 is 7.50. The van der Waals surface area contributed by atoms with Crippen LogP contribution in [0.3, 0.4) is 0 Å². The second-order valence-electron chi connectivity index (χ2n) is 3.56. The number of anilines is 1. The number of thioether (sulfide) groups is 1. The summed E-state index contributed by atoms with van der Waals surface area (Å²) in [4.78, 5) is 10.2. The molecule has 0 radical (unpaired) electrons. The Morgan fingerprint density at radius 3 is 2.94 bits per heavy atom. The molecule has 0 saturated heterocycles. The molecule has 0 aromatic heterocycles. The van der Waals surface area contributed by atoms with Crippen molar-refractivity contribution < 1.29 is 4.92 Å². The lowest BCUT2D eigenvalue weighted by Crippen LogP contribution is -2.06. The summed E-state index contributed by atoms with van der Waals surface area (Å²) in [6.45, 7) is 2.54. The number of aryl methyl sites for hydroxylation is 1. The third-order valence-electron chi connectivity index (χ3n) is 2.24. The Bertz CT molecular complexity index is 486. The summed E-state index contributed by atoms with van der Waals surface area (Å²) in [6.07, 6.45) is 5.14. The molecule has 6 heteroatoms. The van der Waals surface area contributed by atoms with Crippen LogP contribution in [0.15, 0.2) is 12.1 Å². The number of nitro groups is 1. The highest BCUT2D eigenvalue weighted by atomic mass is 35.5. The van der Waals surface area contributed by atoms with Crippen molar-refractivity contribution in [3.05, 3.63) is 32.8 Å². The van der Waals surface area contributed by atoms with Gasteiger partial charge >= 0.3 is 0 Å². The molecule has 0 aliphatic rings. The van der Waals surface area contributed by atoms with E-state index in [1.165, 1.54) is 6.07 Å². The fourth-order valence-electron chi connectivity index (χ4n) is 1.39. The molecule has 0 heterocycles. The van der Waals surface area contributed by atoms with Crippen molar-refractivity contribution in [3.8, 4) is 12.3 Å². The summed E-state index contributed by atoms with van der Waals surface area (Å²) in [5.74, 6) is 4.10. The van der Waals surface area contributed by atoms with Gasteiger partial charge in [0.05, 0.1) is 10.7 Å². The fourth-order valence-corrected chi connectivity index (χ4v) is 2.13. The second-order valence-corrected chi connectivity index (χ2v) is 5.07. The van der Waals surface area contributed by atoms with E-state index in [0.29, 0.717) is 5.75 Å². The third-order valence-corrected chi connectivity index (χ3v) is 3.40. The molecule has 0 spiro atoms. The molecule has 1 aromatic rings. The lowest BCUT2D eigenvalue weighted by Gasteiger charge is -2.09. The molecular formula is C12H13ClN2O2S. The smallest absolute Gasteiger partial charge is 0.288 e. The quantitative estimate of drug-likeness (QED) is 0.377. The molecular weight excluding hydrogens is 272 g/mol. The zero-order valence-electron chi connectivity index (χ0n) is 9.90. The largest absolute Gasteiger partial charge is 0.384 e. The molecule has 4 nitrogen and oxygen atoms in total. The standard InChI is InChI=1S/C12H13ClN2O2S/c1-3-5-18-6-4-14-11-8-10(13)12(15(16)17)7-9(11)2/h1,7-8,14H,4-6H2,2H3. The minimum atomic E-state index is -0.484. The van der Waals surface area contributed by atoms with Crippen LogP contribution in [0, 0.1) is 29.4 Å². The Labute approximate surface area is 115 Å². The zero-order valence-corrected chi connectivity index (χ0v) is 11.5. The first-order valence-electron chi connectivity index (χ1n) is 5.26. The monoisotopic (exact) mass is 284 g/mol. The SMILES string of the molecule is C#CCSCCNc1cc(Cl)c([N+](=O)[O-])cc1C. The first-order valence-corrected chi connectivity index (χ1v) is 6.79. The summed E-state index contributed by atoms with van der Waals surface area (Å²) in [6, 6.07) is 3.06. The molecule has 0 fully saturated rings. The van der Waals surface area contributed by atoms with Crippen LogP contribution < -0.4 is 5.32 Å². The highest BCUT2D eigenvalue weighted by Crippen LogP contribution is 2.30. The van der Waals surface area contributed by atoms with E-state index in [9.17, 15) is 10.1 Å². The first-order chi connectivity index (χ1) is 8.56.